The van der Waals surface area contributed by atoms with Crippen LogP contribution in [0, 0.1) is 0 Å². The van der Waals surface area contributed by atoms with Gasteiger partial charge in [-0.3, -0.25) is 4.79 Å². The molecule has 1 aromatic carbocycles. The molecule has 8 heteroatoms. The number of likely N-dealkylation sites (N-methyl/N-ethyl adjacent to an activating group) is 1. The second-order valence-corrected chi connectivity index (χ2v) is 9.47. The molecule has 1 unspecified atom stereocenters. The minimum Gasteiger partial charge on any atom is -0.480 e. The Hall–Kier alpha value is -1.64. The fourth-order valence-electron chi connectivity index (χ4n) is 2.41. The van der Waals surface area contributed by atoms with E-state index in [4.69, 9.17) is 12.2 Å². The quantitative estimate of drug-likeness (QED) is 0.538. The van der Waals surface area contributed by atoms with Crippen LogP contribution in [0.4, 0.5) is 0 Å². The number of benzene rings is 1. The minimum absolute atomic E-state index is 0.325. The molecule has 150 valence electrons. The molecule has 1 rings (SSSR count). The lowest BCUT2D eigenvalue weighted by molar-refractivity contribution is -0.142. The molecule has 0 aliphatic heterocycles. The molecule has 0 saturated carbocycles. The maximum absolute atomic E-state index is 12.6. The number of hydrogen-bond donors (Lipinski definition) is 3. The van der Waals surface area contributed by atoms with Crippen molar-refractivity contribution < 1.29 is 14.7 Å². The predicted octanol–water partition coefficient (Wildman–Crippen LogP) is 2.31. The molecule has 0 fully saturated rings. The van der Waals surface area contributed by atoms with Gasteiger partial charge in [-0.1, -0.05) is 54.3 Å². The van der Waals surface area contributed by atoms with Crippen LogP contribution in [0.1, 0.15) is 32.3 Å². The highest BCUT2D eigenvalue weighted by atomic mass is 32.2. The second kappa shape index (κ2) is 10.6. The summed E-state index contributed by atoms with van der Waals surface area (Å²) in [7, 11) is 3.93. The lowest BCUT2D eigenvalue weighted by Gasteiger charge is -2.32. The van der Waals surface area contributed by atoms with Gasteiger partial charge in [-0.2, -0.15) is 0 Å². The molecule has 0 saturated heterocycles. The summed E-state index contributed by atoms with van der Waals surface area (Å²) < 4.78 is -0.307. The molecule has 1 aromatic rings. The Bertz CT molecular complexity index is 651. The van der Waals surface area contributed by atoms with Gasteiger partial charge in [0.1, 0.15) is 10.4 Å². The molecule has 2 atom stereocenters. The molecule has 0 spiro atoms. The zero-order valence-corrected chi connectivity index (χ0v) is 18.1. The third kappa shape index (κ3) is 7.86. The molecule has 1 amide bonds. The van der Waals surface area contributed by atoms with Crippen LogP contribution in [-0.4, -0.2) is 64.2 Å². The number of carboxylic acid groups (broad SMARTS) is 1. The molecule has 0 aliphatic rings. The highest BCUT2D eigenvalue weighted by molar-refractivity contribution is 8.23. The number of nitrogens with one attached hydrogen (secondary N) is 2. The summed E-state index contributed by atoms with van der Waals surface area (Å²) in [6, 6.07) is 8.21. The van der Waals surface area contributed by atoms with Crippen LogP contribution in [0.5, 0.6) is 0 Å². The molecule has 0 bridgehead atoms. The van der Waals surface area contributed by atoms with Gasteiger partial charge in [0.25, 0.3) is 0 Å². The summed E-state index contributed by atoms with van der Waals surface area (Å²) in [5.74, 6) is -1.86. The largest absolute Gasteiger partial charge is 0.480 e. The number of thioether (sulfide) groups is 1. The Kier molecular flexibility index (Phi) is 9.21. The van der Waals surface area contributed by atoms with Gasteiger partial charge in [-0.05, 0) is 40.4 Å². The highest BCUT2D eigenvalue weighted by Crippen LogP contribution is 2.30. The number of hydrogen-bond acceptors (Lipinski definition) is 5. The maximum Gasteiger partial charge on any atom is 0.327 e. The van der Waals surface area contributed by atoms with Crippen molar-refractivity contribution in [2.24, 2.45) is 0 Å². The summed E-state index contributed by atoms with van der Waals surface area (Å²) in [6.45, 7) is 6.78. The van der Waals surface area contributed by atoms with E-state index in [0.29, 0.717) is 10.9 Å². The Balaban J connectivity index is 2.76. The predicted molar refractivity (Wildman–Crippen MR) is 115 cm³/mol. The van der Waals surface area contributed by atoms with Crippen LogP contribution < -0.4 is 10.6 Å². The molecule has 6 nitrogen and oxygen atoms in total. The normalized spacial score (nSPS) is 13.7. The van der Waals surface area contributed by atoms with Crippen molar-refractivity contribution in [2.75, 3.05) is 27.2 Å². The molecule has 0 heterocycles. The Morgan fingerprint density at radius 1 is 1.26 bits per heavy atom. The van der Waals surface area contributed by atoms with E-state index in [1.165, 1.54) is 11.8 Å². The number of carbonyl (C=O) groups excluding carboxylic acids is 1. The molecule has 27 heavy (non-hydrogen) atoms. The summed E-state index contributed by atoms with van der Waals surface area (Å²) in [5, 5.41) is 15.5. The Morgan fingerprint density at radius 2 is 1.85 bits per heavy atom. The van der Waals surface area contributed by atoms with Crippen molar-refractivity contribution >= 4 is 40.2 Å². The fraction of sp³-hybridized carbons (Fsp3) is 0.526. The molecular formula is C19H29N3O3S2. The maximum atomic E-state index is 12.6. The van der Waals surface area contributed by atoms with Crippen molar-refractivity contribution in [2.45, 2.75) is 37.5 Å². The molecule has 0 radical (unpaired) electrons. The lowest BCUT2D eigenvalue weighted by atomic mass is 9.98. The van der Waals surface area contributed by atoms with E-state index in [-0.39, 0.29) is 5.91 Å². The molecule has 3 N–H and O–H groups in total. The number of carboxylic acids is 1. The summed E-state index contributed by atoms with van der Waals surface area (Å²) in [5.41, 5.74) is 0.838. The smallest absolute Gasteiger partial charge is 0.327 e. The van der Waals surface area contributed by atoms with E-state index in [9.17, 15) is 14.7 Å². The first-order valence-electron chi connectivity index (χ1n) is 8.74. The summed E-state index contributed by atoms with van der Waals surface area (Å²) >= 11 is 6.58. The van der Waals surface area contributed by atoms with Gasteiger partial charge < -0.3 is 20.6 Å². The van der Waals surface area contributed by atoms with Crippen LogP contribution in [0.3, 0.4) is 0 Å². The Labute approximate surface area is 171 Å². The average molecular weight is 412 g/mol. The third-order valence-corrected chi connectivity index (χ3v) is 5.59. The van der Waals surface area contributed by atoms with E-state index in [2.05, 4.69) is 10.6 Å². The van der Waals surface area contributed by atoms with Crippen LogP contribution in [0.2, 0.25) is 0 Å². The van der Waals surface area contributed by atoms with Crippen molar-refractivity contribution in [1.82, 2.24) is 15.5 Å². The highest BCUT2D eigenvalue weighted by Gasteiger charge is 2.39. The van der Waals surface area contributed by atoms with Crippen LogP contribution in [0.25, 0.3) is 0 Å². The monoisotopic (exact) mass is 411 g/mol. The first kappa shape index (κ1) is 23.4. The number of carbonyl (C=O) groups is 2. The van der Waals surface area contributed by atoms with E-state index in [1.807, 2.05) is 49.3 Å². The topological polar surface area (TPSA) is 81.7 Å². The third-order valence-electron chi connectivity index (χ3n) is 4.11. The van der Waals surface area contributed by atoms with Gasteiger partial charge in [-0.25, -0.2) is 4.79 Å². The SMILES string of the molecule is CC(C(=O)N[C@H](C(=O)O)C(C)(C)SC(=S)NCCN(C)C)c1ccccc1. The van der Waals surface area contributed by atoms with Crippen molar-refractivity contribution in [3.05, 3.63) is 35.9 Å². The van der Waals surface area contributed by atoms with E-state index in [1.54, 1.807) is 20.8 Å². The van der Waals surface area contributed by atoms with Gasteiger partial charge in [0.2, 0.25) is 5.91 Å². The van der Waals surface area contributed by atoms with Gasteiger partial charge in [0, 0.05) is 17.8 Å². The molecule has 0 aromatic heterocycles. The summed E-state index contributed by atoms with van der Waals surface area (Å²) in [6.07, 6.45) is 0. The van der Waals surface area contributed by atoms with Gasteiger partial charge in [0.05, 0.1) is 5.92 Å². The van der Waals surface area contributed by atoms with Gasteiger partial charge in [-0.15, -0.1) is 0 Å². The van der Waals surface area contributed by atoms with E-state index < -0.39 is 22.7 Å². The number of rotatable bonds is 9. The van der Waals surface area contributed by atoms with Gasteiger partial charge in [0.15, 0.2) is 0 Å². The van der Waals surface area contributed by atoms with Gasteiger partial charge >= 0.3 is 5.97 Å². The van der Waals surface area contributed by atoms with Crippen molar-refractivity contribution in [1.29, 1.82) is 0 Å². The van der Waals surface area contributed by atoms with E-state index >= 15 is 0 Å². The molecular weight excluding hydrogens is 382 g/mol. The summed E-state index contributed by atoms with van der Waals surface area (Å²) in [4.78, 5) is 26.5. The minimum atomic E-state index is -1.09. The van der Waals surface area contributed by atoms with E-state index in [0.717, 1.165) is 12.1 Å². The first-order chi connectivity index (χ1) is 12.5. The van der Waals surface area contributed by atoms with Crippen LogP contribution in [-0.2, 0) is 9.59 Å². The first-order valence-corrected chi connectivity index (χ1v) is 9.96. The number of amides is 1. The second-order valence-electron chi connectivity index (χ2n) is 7.14. The number of thiocarbonyl (C=S) groups is 1. The van der Waals surface area contributed by atoms with Crippen LogP contribution in [0.15, 0.2) is 30.3 Å². The van der Waals surface area contributed by atoms with Crippen LogP contribution >= 0.6 is 24.0 Å². The zero-order valence-electron chi connectivity index (χ0n) is 16.5. The Morgan fingerprint density at radius 3 is 2.37 bits per heavy atom. The lowest BCUT2D eigenvalue weighted by Crippen LogP contribution is -2.54. The number of nitrogens with zero attached hydrogens (tertiary/aromatic N) is 1. The fourth-order valence-corrected chi connectivity index (χ4v) is 4.08. The van der Waals surface area contributed by atoms with Crippen molar-refractivity contribution in [3.8, 4) is 0 Å². The zero-order chi connectivity index (χ0) is 20.6. The number of aliphatic carboxylic acids is 1. The molecule has 0 aliphatic carbocycles. The standard InChI is InChI=1S/C19H29N3O3S2/c1-13(14-9-7-6-8-10-14)16(23)21-15(17(24)25)19(2,3)27-18(26)20-11-12-22(4)5/h6-10,13,15H,11-12H2,1-5H3,(H,20,26)(H,21,23)(H,24,25)/t13?,15-/m1/s1. The average Bonchev–Trinajstić information content (AvgIpc) is 2.58. The van der Waals surface area contributed by atoms with Crippen molar-refractivity contribution in [3.63, 3.8) is 0 Å².